The molecule has 1 aromatic rings. The van der Waals surface area contributed by atoms with E-state index in [-0.39, 0.29) is 22.5 Å². The van der Waals surface area contributed by atoms with Crippen LogP contribution in [0.1, 0.15) is 32.3 Å². The second-order valence-electron chi connectivity index (χ2n) is 5.66. The van der Waals surface area contributed by atoms with Gasteiger partial charge >= 0.3 is 0 Å². The molecule has 0 saturated heterocycles. The number of benzene rings is 1. The molecule has 7 heteroatoms. The summed E-state index contributed by atoms with van der Waals surface area (Å²) in [7, 11) is 0. The average molecular weight is 352 g/mol. The Bertz CT molecular complexity index is 619. The van der Waals surface area contributed by atoms with Crippen LogP contribution >= 0.6 is 23.5 Å². The number of nitro groups is 1. The summed E-state index contributed by atoms with van der Waals surface area (Å²) in [6.07, 6.45) is 0. The number of rotatable bonds is 6. The van der Waals surface area contributed by atoms with Gasteiger partial charge < -0.3 is 0 Å². The summed E-state index contributed by atoms with van der Waals surface area (Å²) in [5, 5.41) is 11.2. The summed E-state index contributed by atoms with van der Waals surface area (Å²) in [5.41, 5.74) is -0.283. The lowest BCUT2D eigenvalue weighted by Crippen LogP contribution is -2.46. The Morgan fingerprint density at radius 1 is 1.35 bits per heavy atom. The average Bonchev–Trinajstić information content (AvgIpc) is 2.83. The quantitative estimate of drug-likeness (QED) is 0.575. The Morgan fingerprint density at radius 3 is 2.52 bits per heavy atom. The molecule has 1 aromatic carbocycles. The lowest BCUT2D eigenvalue weighted by molar-refractivity contribution is -0.484. The summed E-state index contributed by atoms with van der Waals surface area (Å²) in [6.45, 7) is 5.52. The molecule has 23 heavy (non-hydrogen) atoms. The van der Waals surface area contributed by atoms with Crippen LogP contribution in [0.4, 0.5) is 0 Å². The summed E-state index contributed by atoms with van der Waals surface area (Å²) < 4.78 is 0.718. The summed E-state index contributed by atoms with van der Waals surface area (Å²) >= 11 is 2.64. The maximum Gasteiger partial charge on any atom is 0.224 e. The molecule has 5 nitrogen and oxygen atoms in total. The molecule has 0 aromatic heterocycles. The number of hydrogen-bond acceptors (Lipinski definition) is 6. The minimum absolute atomic E-state index is 0.0841. The van der Waals surface area contributed by atoms with Crippen molar-refractivity contribution < 1.29 is 9.72 Å². The van der Waals surface area contributed by atoms with E-state index in [2.05, 4.69) is 0 Å². The maximum absolute atomic E-state index is 12.8. The topological polar surface area (TPSA) is 72.6 Å². The molecule has 0 bridgehead atoms. The number of carbonyl (C=O) groups is 1. The Balaban J connectivity index is 2.55. The first-order chi connectivity index (χ1) is 10.9. The van der Waals surface area contributed by atoms with Crippen LogP contribution in [0.25, 0.3) is 0 Å². The third-order valence-corrected chi connectivity index (χ3v) is 6.00. The van der Waals surface area contributed by atoms with Gasteiger partial charge in [0.05, 0.1) is 5.92 Å². The molecule has 1 heterocycles. The largest absolute Gasteiger partial charge is 0.284 e. The monoisotopic (exact) mass is 352 g/mol. The van der Waals surface area contributed by atoms with Crippen LogP contribution in [0.15, 0.2) is 35.3 Å². The first kappa shape index (κ1) is 18.0. The Labute approximate surface area is 144 Å². The van der Waals surface area contributed by atoms with Gasteiger partial charge in [0.1, 0.15) is 9.91 Å². The van der Waals surface area contributed by atoms with E-state index in [1.807, 2.05) is 51.1 Å². The lowest BCUT2D eigenvalue weighted by atomic mass is 9.73. The minimum atomic E-state index is -1.07. The second-order valence-corrected chi connectivity index (χ2v) is 8.13. The van der Waals surface area contributed by atoms with Gasteiger partial charge in [-0.15, -0.1) is 0 Å². The zero-order valence-electron chi connectivity index (χ0n) is 13.4. The van der Waals surface area contributed by atoms with Crippen molar-refractivity contribution in [3.63, 3.8) is 0 Å². The Kier molecular flexibility index (Phi) is 5.86. The molecule has 0 saturated carbocycles. The second kappa shape index (κ2) is 7.49. The predicted octanol–water partition coefficient (Wildman–Crippen LogP) is 3.82. The number of aliphatic imine (C=N–C) groups is 1. The maximum atomic E-state index is 12.8. The molecule has 2 atom stereocenters. The fourth-order valence-corrected chi connectivity index (χ4v) is 5.11. The van der Waals surface area contributed by atoms with Crippen molar-refractivity contribution in [2.75, 3.05) is 12.3 Å². The van der Waals surface area contributed by atoms with Gasteiger partial charge in [-0.2, -0.15) is 0 Å². The molecule has 0 radical (unpaired) electrons. The van der Waals surface area contributed by atoms with E-state index in [0.717, 1.165) is 27.5 Å². The van der Waals surface area contributed by atoms with E-state index in [4.69, 9.17) is 4.99 Å². The Morgan fingerprint density at radius 2 is 2.00 bits per heavy atom. The van der Waals surface area contributed by atoms with Crippen molar-refractivity contribution in [1.29, 1.82) is 0 Å². The molecular formula is C16H20N2O3S2. The summed E-state index contributed by atoms with van der Waals surface area (Å²) in [6, 6.07) is 9.23. The van der Waals surface area contributed by atoms with Gasteiger partial charge in [0, 0.05) is 4.92 Å². The minimum Gasteiger partial charge on any atom is -0.284 e. The highest BCUT2D eigenvalue weighted by atomic mass is 32.2. The SMILES string of the molecule is CCSC1=N[C@@](C(C)C)([C@H](C[N+](=O)[O-])c2ccccc2)C(=O)S1. The van der Waals surface area contributed by atoms with Gasteiger partial charge in [0.2, 0.25) is 11.7 Å². The highest BCUT2D eigenvalue weighted by Crippen LogP contribution is 2.47. The van der Waals surface area contributed by atoms with Crippen LogP contribution in [0, 0.1) is 16.0 Å². The molecule has 0 spiro atoms. The molecular weight excluding hydrogens is 332 g/mol. The van der Waals surface area contributed by atoms with Crippen molar-refractivity contribution >= 4 is 33.0 Å². The third-order valence-electron chi connectivity index (χ3n) is 4.00. The van der Waals surface area contributed by atoms with Crippen molar-refractivity contribution in [2.24, 2.45) is 10.9 Å². The van der Waals surface area contributed by atoms with Crippen LogP contribution < -0.4 is 0 Å². The molecule has 0 amide bonds. The molecule has 2 rings (SSSR count). The number of thioether (sulfide) groups is 2. The van der Waals surface area contributed by atoms with E-state index >= 15 is 0 Å². The van der Waals surface area contributed by atoms with Gasteiger partial charge in [-0.05, 0) is 29.0 Å². The van der Waals surface area contributed by atoms with E-state index in [0.29, 0.717) is 0 Å². The molecule has 1 aliphatic heterocycles. The van der Waals surface area contributed by atoms with Gasteiger partial charge in [-0.1, -0.05) is 62.9 Å². The molecule has 0 aliphatic carbocycles. The van der Waals surface area contributed by atoms with E-state index < -0.39 is 11.5 Å². The van der Waals surface area contributed by atoms with E-state index in [9.17, 15) is 14.9 Å². The van der Waals surface area contributed by atoms with Crippen LogP contribution in [0.2, 0.25) is 0 Å². The number of hydrogen-bond donors (Lipinski definition) is 0. The van der Waals surface area contributed by atoms with Crippen LogP contribution in [0.5, 0.6) is 0 Å². The van der Waals surface area contributed by atoms with Crippen LogP contribution in [-0.4, -0.2) is 32.3 Å². The van der Waals surface area contributed by atoms with Crippen molar-refractivity contribution in [3.05, 3.63) is 46.0 Å². The highest BCUT2D eigenvalue weighted by molar-refractivity contribution is 8.45. The lowest BCUT2D eigenvalue weighted by Gasteiger charge is -2.34. The first-order valence-corrected chi connectivity index (χ1v) is 9.33. The molecule has 124 valence electrons. The molecule has 0 N–H and O–H groups in total. The van der Waals surface area contributed by atoms with Crippen molar-refractivity contribution in [1.82, 2.24) is 0 Å². The van der Waals surface area contributed by atoms with E-state index in [1.54, 1.807) is 0 Å². The fourth-order valence-electron chi connectivity index (χ4n) is 2.89. The first-order valence-electron chi connectivity index (χ1n) is 7.53. The zero-order chi connectivity index (χ0) is 17.0. The highest BCUT2D eigenvalue weighted by Gasteiger charge is 2.54. The molecule has 0 fully saturated rings. The molecule has 1 aliphatic rings. The van der Waals surface area contributed by atoms with E-state index in [1.165, 1.54) is 11.8 Å². The van der Waals surface area contributed by atoms with Gasteiger partial charge in [-0.25, -0.2) is 0 Å². The van der Waals surface area contributed by atoms with Gasteiger partial charge in [0.25, 0.3) is 0 Å². The predicted molar refractivity (Wildman–Crippen MR) is 96.8 cm³/mol. The van der Waals surface area contributed by atoms with Crippen molar-refractivity contribution in [3.8, 4) is 0 Å². The number of carbonyl (C=O) groups excluding carboxylic acids is 1. The third kappa shape index (κ3) is 3.61. The van der Waals surface area contributed by atoms with Crippen LogP contribution in [0.3, 0.4) is 0 Å². The standard InChI is InChI=1S/C16H20N2O3S2/c1-4-22-15-17-16(11(2)3,14(19)23-15)13(10-18(20)21)12-8-6-5-7-9-12/h5-9,11,13H,4,10H2,1-3H3/t13-,16+/m1/s1. The zero-order valence-corrected chi connectivity index (χ0v) is 15.0. The molecule has 0 unspecified atom stereocenters. The summed E-state index contributed by atoms with van der Waals surface area (Å²) in [4.78, 5) is 28.4. The summed E-state index contributed by atoms with van der Waals surface area (Å²) in [5.74, 6) is 0.134. The van der Waals surface area contributed by atoms with Crippen LogP contribution in [-0.2, 0) is 4.79 Å². The fraction of sp³-hybridized carbons (Fsp3) is 0.500. The van der Waals surface area contributed by atoms with Gasteiger partial charge in [-0.3, -0.25) is 19.9 Å². The smallest absolute Gasteiger partial charge is 0.224 e. The van der Waals surface area contributed by atoms with Crippen molar-refractivity contribution in [2.45, 2.75) is 32.2 Å². The Hall–Kier alpha value is -1.34. The van der Waals surface area contributed by atoms with Gasteiger partial charge in [0.15, 0.2) is 0 Å². The normalized spacial score (nSPS) is 22.3. The number of nitrogens with zero attached hydrogens (tertiary/aromatic N) is 2.